The van der Waals surface area contributed by atoms with Crippen molar-refractivity contribution in [3.05, 3.63) is 35.4 Å². The Morgan fingerprint density at radius 1 is 1.31 bits per heavy atom. The van der Waals surface area contributed by atoms with E-state index < -0.39 is 0 Å². The van der Waals surface area contributed by atoms with Gasteiger partial charge in [0.15, 0.2) is 0 Å². The number of alkyl halides is 1. The maximum Gasteiger partial charge on any atom is 0.251 e. The van der Waals surface area contributed by atoms with E-state index in [-0.39, 0.29) is 5.91 Å². The molecule has 88 valence electrons. The molecule has 2 nitrogen and oxygen atoms in total. The summed E-state index contributed by atoms with van der Waals surface area (Å²) in [5.74, 6) is 1.08. The molecule has 16 heavy (non-hydrogen) atoms. The zero-order chi connectivity index (χ0) is 12.0. The molecule has 0 bridgehead atoms. The first-order chi connectivity index (χ1) is 7.63. The van der Waals surface area contributed by atoms with Crippen LogP contribution in [-0.2, 0) is 5.88 Å². The zero-order valence-electron chi connectivity index (χ0n) is 9.79. The molecule has 1 N–H and O–H groups in total. The fourth-order valence-electron chi connectivity index (χ4n) is 1.32. The van der Waals surface area contributed by atoms with Crippen LogP contribution in [0, 0.1) is 5.92 Å². The number of nitrogens with one attached hydrogen (secondary N) is 1. The van der Waals surface area contributed by atoms with Gasteiger partial charge in [-0.25, -0.2) is 0 Å². The van der Waals surface area contributed by atoms with Crippen molar-refractivity contribution in [2.75, 3.05) is 6.54 Å². The van der Waals surface area contributed by atoms with E-state index >= 15 is 0 Å². The van der Waals surface area contributed by atoms with Gasteiger partial charge in [0.25, 0.3) is 5.91 Å². The predicted molar refractivity (Wildman–Crippen MR) is 67.8 cm³/mol. The van der Waals surface area contributed by atoms with Gasteiger partial charge in [-0.2, -0.15) is 0 Å². The highest BCUT2D eigenvalue weighted by Crippen LogP contribution is 2.07. The van der Waals surface area contributed by atoms with Gasteiger partial charge in [0, 0.05) is 18.0 Å². The van der Waals surface area contributed by atoms with Crippen LogP contribution in [0.5, 0.6) is 0 Å². The minimum Gasteiger partial charge on any atom is -0.352 e. The van der Waals surface area contributed by atoms with Gasteiger partial charge in [-0.15, -0.1) is 11.6 Å². The second kappa shape index (κ2) is 6.54. The van der Waals surface area contributed by atoms with E-state index in [1.54, 1.807) is 0 Å². The lowest BCUT2D eigenvalue weighted by Crippen LogP contribution is -2.25. The molecular weight excluding hydrogens is 222 g/mol. The minimum absolute atomic E-state index is 0.0122. The highest BCUT2D eigenvalue weighted by Gasteiger charge is 2.04. The molecule has 0 fully saturated rings. The fraction of sp³-hybridized carbons (Fsp3) is 0.462. The van der Waals surface area contributed by atoms with Crippen LogP contribution in [-0.4, -0.2) is 12.5 Å². The number of rotatable bonds is 5. The molecule has 0 atom stereocenters. The van der Waals surface area contributed by atoms with Crippen LogP contribution >= 0.6 is 11.6 Å². The SMILES string of the molecule is CC(C)CCNC(=O)c1ccc(CCl)cc1. The molecule has 1 aromatic rings. The Kier molecular flexibility index (Phi) is 5.33. The molecule has 1 aromatic carbocycles. The summed E-state index contributed by atoms with van der Waals surface area (Å²) in [5, 5.41) is 2.90. The highest BCUT2D eigenvalue weighted by atomic mass is 35.5. The number of carbonyl (C=O) groups is 1. The van der Waals surface area contributed by atoms with Gasteiger partial charge in [-0.1, -0.05) is 26.0 Å². The van der Waals surface area contributed by atoms with Crippen molar-refractivity contribution >= 4 is 17.5 Å². The Balaban J connectivity index is 2.46. The molecule has 0 aliphatic heterocycles. The topological polar surface area (TPSA) is 29.1 Å². The first-order valence-corrected chi connectivity index (χ1v) is 6.10. The molecule has 0 spiro atoms. The Morgan fingerprint density at radius 3 is 2.44 bits per heavy atom. The third-order valence-electron chi connectivity index (χ3n) is 2.38. The molecule has 0 saturated carbocycles. The predicted octanol–water partition coefficient (Wildman–Crippen LogP) is 3.20. The Morgan fingerprint density at radius 2 is 1.94 bits per heavy atom. The lowest BCUT2D eigenvalue weighted by molar-refractivity contribution is 0.0952. The van der Waals surface area contributed by atoms with Crippen LogP contribution in [0.4, 0.5) is 0 Å². The first-order valence-electron chi connectivity index (χ1n) is 5.56. The summed E-state index contributed by atoms with van der Waals surface area (Å²) in [6, 6.07) is 7.37. The zero-order valence-corrected chi connectivity index (χ0v) is 10.6. The number of benzene rings is 1. The number of amides is 1. The van der Waals surface area contributed by atoms with Gasteiger partial charge in [-0.3, -0.25) is 4.79 Å². The minimum atomic E-state index is -0.0122. The molecule has 0 aliphatic carbocycles. The number of hydrogen-bond donors (Lipinski definition) is 1. The molecule has 0 saturated heterocycles. The van der Waals surface area contributed by atoms with Gasteiger partial charge < -0.3 is 5.32 Å². The summed E-state index contributed by atoms with van der Waals surface area (Å²) in [4.78, 5) is 11.7. The molecule has 0 aliphatic rings. The maximum absolute atomic E-state index is 11.7. The summed E-state index contributed by atoms with van der Waals surface area (Å²) >= 11 is 5.68. The van der Waals surface area contributed by atoms with E-state index in [4.69, 9.17) is 11.6 Å². The second-order valence-electron chi connectivity index (χ2n) is 4.27. The van der Waals surface area contributed by atoms with Gasteiger partial charge in [0.1, 0.15) is 0 Å². The Labute approximate surface area is 102 Å². The smallest absolute Gasteiger partial charge is 0.251 e. The average Bonchev–Trinajstić information content (AvgIpc) is 2.28. The monoisotopic (exact) mass is 239 g/mol. The van der Waals surface area contributed by atoms with E-state index in [1.807, 2.05) is 24.3 Å². The molecule has 0 radical (unpaired) electrons. The van der Waals surface area contributed by atoms with Crippen molar-refractivity contribution < 1.29 is 4.79 Å². The van der Waals surface area contributed by atoms with Crippen molar-refractivity contribution in [1.82, 2.24) is 5.32 Å². The summed E-state index contributed by atoms with van der Waals surface area (Å²) in [6.45, 7) is 5.01. The van der Waals surface area contributed by atoms with Crippen molar-refractivity contribution in [1.29, 1.82) is 0 Å². The lowest BCUT2D eigenvalue weighted by Gasteiger charge is -2.07. The number of carbonyl (C=O) groups excluding carboxylic acids is 1. The van der Waals surface area contributed by atoms with Gasteiger partial charge >= 0.3 is 0 Å². The number of halogens is 1. The quantitative estimate of drug-likeness (QED) is 0.786. The van der Waals surface area contributed by atoms with Crippen LogP contribution in [0.25, 0.3) is 0 Å². The van der Waals surface area contributed by atoms with Crippen molar-refractivity contribution in [3.63, 3.8) is 0 Å². The molecule has 0 aromatic heterocycles. The average molecular weight is 240 g/mol. The van der Waals surface area contributed by atoms with Crippen LogP contribution in [0.1, 0.15) is 36.2 Å². The summed E-state index contributed by atoms with van der Waals surface area (Å²) in [5.41, 5.74) is 1.72. The molecular formula is C13H18ClNO. The van der Waals surface area contributed by atoms with Crippen LogP contribution in [0.15, 0.2) is 24.3 Å². The Hall–Kier alpha value is -1.02. The first kappa shape index (κ1) is 13.0. The molecule has 0 heterocycles. The third kappa shape index (κ3) is 4.23. The van der Waals surface area contributed by atoms with E-state index in [9.17, 15) is 4.79 Å². The fourth-order valence-corrected chi connectivity index (χ4v) is 1.50. The van der Waals surface area contributed by atoms with E-state index in [2.05, 4.69) is 19.2 Å². The lowest BCUT2D eigenvalue weighted by atomic mass is 10.1. The standard InChI is InChI=1S/C13H18ClNO/c1-10(2)7-8-15-13(16)12-5-3-11(9-14)4-6-12/h3-6,10H,7-9H2,1-2H3,(H,15,16). The van der Waals surface area contributed by atoms with Gasteiger partial charge in [0.2, 0.25) is 0 Å². The van der Waals surface area contributed by atoms with Crippen molar-refractivity contribution in [2.24, 2.45) is 5.92 Å². The molecule has 1 amide bonds. The normalized spacial score (nSPS) is 10.5. The van der Waals surface area contributed by atoms with E-state index in [0.717, 1.165) is 18.5 Å². The van der Waals surface area contributed by atoms with Gasteiger partial charge in [-0.05, 0) is 30.0 Å². The van der Waals surface area contributed by atoms with Gasteiger partial charge in [0.05, 0.1) is 0 Å². The Bertz CT molecular complexity index is 332. The highest BCUT2D eigenvalue weighted by molar-refractivity contribution is 6.17. The van der Waals surface area contributed by atoms with Crippen LogP contribution in [0.2, 0.25) is 0 Å². The van der Waals surface area contributed by atoms with Crippen LogP contribution < -0.4 is 5.32 Å². The van der Waals surface area contributed by atoms with E-state index in [0.29, 0.717) is 17.4 Å². The largest absolute Gasteiger partial charge is 0.352 e. The number of hydrogen-bond acceptors (Lipinski definition) is 1. The summed E-state index contributed by atoms with van der Waals surface area (Å²) < 4.78 is 0. The molecule has 0 unspecified atom stereocenters. The maximum atomic E-state index is 11.7. The third-order valence-corrected chi connectivity index (χ3v) is 2.69. The summed E-state index contributed by atoms with van der Waals surface area (Å²) in [6.07, 6.45) is 1.01. The molecule has 1 rings (SSSR count). The van der Waals surface area contributed by atoms with Crippen molar-refractivity contribution in [2.45, 2.75) is 26.1 Å². The molecule has 3 heteroatoms. The summed E-state index contributed by atoms with van der Waals surface area (Å²) in [7, 11) is 0. The second-order valence-corrected chi connectivity index (χ2v) is 4.54. The van der Waals surface area contributed by atoms with E-state index in [1.165, 1.54) is 0 Å². The van der Waals surface area contributed by atoms with Crippen LogP contribution in [0.3, 0.4) is 0 Å². The van der Waals surface area contributed by atoms with Crippen molar-refractivity contribution in [3.8, 4) is 0 Å².